The van der Waals surface area contributed by atoms with Crippen LogP contribution in [0.4, 0.5) is 0 Å². The van der Waals surface area contributed by atoms with Crippen LogP contribution in [0.1, 0.15) is 26.3 Å². The van der Waals surface area contributed by atoms with Gasteiger partial charge in [-0.1, -0.05) is 20.8 Å². The summed E-state index contributed by atoms with van der Waals surface area (Å²) in [6.45, 7) is 6.05. The Morgan fingerprint density at radius 1 is 1.24 bits per heavy atom. The van der Waals surface area contributed by atoms with E-state index in [1.54, 1.807) is 12.1 Å². The van der Waals surface area contributed by atoms with Crippen LogP contribution >= 0.6 is 0 Å². The Balaban J connectivity index is 2.86. The van der Waals surface area contributed by atoms with Crippen LogP contribution < -0.4 is 5.14 Å². The van der Waals surface area contributed by atoms with Gasteiger partial charge in [0.1, 0.15) is 4.90 Å². The van der Waals surface area contributed by atoms with Gasteiger partial charge in [0, 0.05) is 5.39 Å². The second-order valence-electron chi connectivity index (χ2n) is 5.11. The molecular formula is C12H15NO3S. The van der Waals surface area contributed by atoms with E-state index in [0.717, 1.165) is 10.9 Å². The predicted molar refractivity (Wildman–Crippen MR) is 66.3 cm³/mol. The average molecular weight is 253 g/mol. The van der Waals surface area contributed by atoms with Gasteiger partial charge in [-0.3, -0.25) is 0 Å². The van der Waals surface area contributed by atoms with E-state index in [9.17, 15) is 8.42 Å². The van der Waals surface area contributed by atoms with E-state index in [1.807, 2.05) is 26.8 Å². The van der Waals surface area contributed by atoms with Crippen LogP contribution in [-0.2, 0) is 15.4 Å². The van der Waals surface area contributed by atoms with Crippen molar-refractivity contribution in [3.05, 3.63) is 30.0 Å². The summed E-state index contributed by atoms with van der Waals surface area (Å²) in [5.41, 5.74) is 1.08. The molecule has 4 nitrogen and oxygen atoms in total. The molecule has 0 spiro atoms. The maximum atomic E-state index is 11.5. The Hall–Kier alpha value is -1.33. The van der Waals surface area contributed by atoms with Crippen molar-refractivity contribution in [2.45, 2.75) is 31.1 Å². The molecule has 0 aliphatic heterocycles. The second-order valence-corrected chi connectivity index (χ2v) is 6.64. The van der Waals surface area contributed by atoms with E-state index >= 15 is 0 Å². The fourth-order valence-corrected chi connectivity index (χ4v) is 2.41. The quantitative estimate of drug-likeness (QED) is 0.848. The number of sulfonamides is 1. The monoisotopic (exact) mass is 253 g/mol. The summed E-state index contributed by atoms with van der Waals surface area (Å²) in [5, 5.41) is 5.96. The summed E-state index contributed by atoms with van der Waals surface area (Å²) < 4.78 is 28.3. The van der Waals surface area contributed by atoms with Gasteiger partial charge in [-0.15, -0.1) is 0 Å². The van der Waals surface area contributed by atoms with Gasteiger partial charge in [0.15, 0.2) is 5.58 Å². The SMILES string of the molecule is CC(C)(C)c1cc(S(N)(=O)=O)c2occc2c1. The lowest BCUT2D eigenvalue weighted by molar-refractivity contribution is 0.576. The molecule has 0 amide bonds. The smallest absolute Gasteiger partial charge is 0.241 e. The van der Waals surface area contributed by atoms with Gasteiger partial charge in [0.05, 0.1) is 6.26 Å². The van der Waals surface area contributed by atoms with Crippen molar-refractivity contribution in [2.75, 3.05) is 0 Å². The van der Waals surface area contributed by atoms with Crippen LogP contribution in [-0.4, -0.2) is 8.42 Å². The summed E-state index contributed by atoms with van der Waals surface area (Å²) in [6, 6.07) is 5.24. The highest BCUT2D eigenvalue weighted by Gasteiger charge is 2.21. The van der Waals surface area contributed by atoms with E-state index in [1.165, 1.54) is 6.26 Å². The zero-order valence-corrected chi connectivity index (χ0v) is 10.8. The van der Waals surface area contributed by atoms with Gasteiger partial charge >= 0.3 is 0 Å². The summed E-state index contributed by atoms with van der Waals surface area (Å²) in [7, 11) is -3.78. The molecule has 0 saturated heterocycles. The number of furan rings is 1. The van der Waals surface area contributed by atoms with Crippen LogP contribution in [0.15, 0.2) is 33.8 Å². The Bertz CT molecular complexity index is 663. The van der Waals surface area contributed by atoms with Crippen LogP contribution in [0, 0.1) is 0 Å². The molecule has 92 valence electrons. The van der Waals surface area contributed by atoms with Crippen molar-refractivity contribution in [3.8, 4) is 0 Å². The molecule has 0 fully saturated rings. The normalized spacial score (nSPS) is 13.2. The van der Waals surface area contributed by atoms with E-state index in [2.05, 4.69) is 0 Å². The molecule has 0 atom stereocenters. The Morgan fingerprint density at radius 3 is 2.41 bits per heavy atom. The molecular weight excluding hydrogens is 238 g/mol. The van der Waals surface area contributed by atoms with Crippen LogP contribution in [0.25, 0.3) is 11.0 Å². The third kappa shape index (κ3) is 2.21. The molecule has 1 heterocycles. The van der Waals surface area contributed by atoms with Gasteiger partial charge < -0.3 is 4.42 Å². The van der Waals surface area contributed by atoms with E-state index < -0.39 is 10.0 Å². The Labute approximate surface area is 100 Å². The fourth-order valence-electron chi connectivity index (χ4n) is 1.69. The van der Waals surface area contributed by atoms with Gasteiger partial charge in [0.25, 0.3) is 0 Å². The zero-order valence-electron chi connectivity index (χ0n) is 10.0. The van der Waals surface area contributed by atoms with Crippen molar-refractivity contribution < 1.29 is 12.8 Å². The van der Waals surface area contributed by atoms with E-state index in [0.29, 0.717) is 5.58 Å². The molecule has 1 aromatic heterocycles. The summed E-state index contributed by atoms with van der Waals surface area (Å²) in [5.74, 6) is 0. The van der Waals surface area contributed by atoms with Crippen LogP contribution in [0.2, 0.25) is 0 Å². The minimum atomic E-state index is -3.78. The molecule has 0 aliphatic carbocycles. The summed E-state index contributed by atoms with van der Waals surface area (Å²) >= 11 is 0. The first-order valence-corrected chi connectivity index (χ1v) is 6.79. The first kappa shape index (κ1) is 12.1. The molecule has 2 aromatic rings. The highest BCUT2D eigenvalue weighted by atomic mass is 32.2. The average Bonchev–Trinajstić information content (AvgIpc) is 2.59. The molecule has 1 aromatic carbocycles. The topological polar surface area (TPSA) is 73.3 Å². The summed E-state index contributed by atoms with van der Waals surface area (Å²) in [6.07, 6.45) is 1.46. The Morgan fingerprint density at radius 2 is 1.88 bits per heavy atom. The molecule has 5 heteroatoms. The highest BCUT2D eigenvalue weighted by molar-refractivity contribution is 7.89. The van der Waals surface area contributed by atoms with Crippen molar-refractivity contribution in [2.24, 2.45) is 5.14 Å². The minimum Gasteiger partial charge on any atom is -0.463 e. The summed E-state index contributed by atoms with van der Waals surface area (Å²) in [4.78, 5) is 0.0462. The third-order valence-corrected chi connectivity index (χ3v) is 3.61. The number of hydrogen-bond acceptors (Lipinski definition) is 3. The lowest BCUT2D eigenvalue weighted by atomic mass is 9.86. The molecule has 0 unspecified atom stereocenters. The van der Waals surface area contributed by atoms with Crippen molar-refractivity contribution in [1.29, 1.82) is 0 Å². The molecule has 2 rings (SSSR count). The third-order valence-electron chi connectivity index (χ3n) is 2.69. The maximum absolute atomic E-state index is 11.5. The van der Waals surface area contributed by atoms with E-state index in [4.69, 9.17) is 9.56 Å². The van der Waals surface area contributed by atoms with Gasteiger partial charge in [-0.2, -0.15) is 0 Å². The first-order chi connectivity index (χ1) is 7.69. The van der Waals surface area contributed by atoms with E-state index in [-0.39, 0.29) is 10.3 Å². The van der Waals surface area contributed by atoms with Gasteiger partial charge in [-0.05, 0) is 29.2 Å². The lowest BCUT2D eigenvalue weighted by Crippen LogP contribution is -2.16. The molecule has 0 saturated carbocycles. The minimum absolute atomic E-state index is 0.0462. The predicted octanol–water partition coefficient (Wildman–Crippen LogP) is 2.38. The second kappa shape index (κ2) is 3.58. The molecule has 0 bridgehead atoms. The fraction of sp³-hybridized carbons (Fsp3) is 0.333. The van der Waals surface area contributed by atoms with Gasteiger partial charge in [-0.25, -0.2) is 13.6 Å². The lowest BCUT2D eigenvalue weighted by Gasteiger charge is -2.19. The standard InChI is InChI=1S/C12H15NO3S/c1-12(2,3)9-6-8-4-5-16-11(8)10(7-9)17(13,14)15/h4-7H,1-3H3,(H2,13,14,15). The maximum Gasteiger partial charge on any atom is 0.241 e. The molecule has 17 heavy (non-hydrogen) atoms. The molecule has 2 N–H and O–H groups in total. The number of fused-ring (bicyclic) bond motifs is 1. The first-order valence-electron chi connectivity index (χ1n) is 5.24. The van der Waals surface area contributed by atoms with Crippen molar-refractivity contribution in [3.63, 3.8) is 0 Å². The largest absolute Gasteiger partial charge is 0.463 e. The number of benzene rings is 1. The van der Waals surface area contributed by atoms with Crippen molar-refractivity contribution >= 4 is 21.0 Å². The number of rotatable bonds is 1. The zero-order chi connectivity index (χ0) is 12.8. The Kier molecular flexibility index (Phi) is 2.56. The number of hydrogen-bond donors (Lipinski definition) is 1. The van der Waals surface area contributed by atoms with Gasteiger partial charge in [0.2, 0.25) is 10.0 Å². The number of primary sulfonamides is 1. The molecule has 0 aliphatic rings. The molecule has 0 radical (unpaired) electrons. The van der Waals surface area contributed by atoms with Crippen LogP contribution in [0.3, 0.4) is 0 Å². The number of nitrogens with two attached hydrogens (primary N) is 1. The van der Waals surface area contributed by atoms with Crippen LogP contribution in [0.5, 0.6) is 0 Å². The van der Waals surface area contributed by atoms with Crippen molar-refractivity contribution in [1.82, 2.24) is 0 Å². The highest BCUT2D eigenvalue weighted by Crippen LogP contribution is 2.31.